The first-order chi connectivity index (χ1) is 9.60. The maximum absolute atomic E-state index is 12.4. The highest BCUT2D eigenvalue weighted by atomic mass is 79.9. The molecule has 0 unspecified atom stereocenters. The molecule has 4 heteroatoms. The van der Waals surface area contributed by atoms with Crippen molar-refractivity contribution < 1.29 is 9.53 Å². The summed E-state index contributed by atoms with van der Waals surface area (Å²) in [6, 6.07) is 6.06. The quantitative estimate of drug-likeness (QED) is 0.830. The lowest BCUT2D eigenvalue weighted by Crippen LogP contribution is -2.60. The van der Waals surface area contributed by atoms with Crippen molar-refractivity contribution >= 4 is 21.8 Å². The highest BCUT2D eigenvalue weighted by Crippen LogP contribution is 2.40. The van der Waals surface area contributed by atoms with Crippen molar-refractivity contribution in [1.29, 1.82) is 0 Å². The molecule has 0 bridgehead atoms. The molecule has 1 amide bonds. The van der Waals surface area contributed by atoms with Crippen molar-refractivity contribution in [3.63, 3.8) is 0 Å². The van der Waals surface area contributed by atoms with Gasteiger partial charge in [-0.2, -0.15) is 0 Å². The molecule has 2 aliphatic heterocycles. The molecule has 2 saturated heterocycles. The number of likely N-dealkylation sites (tertiary alicyclic amines) is 1. The number of halogens is 1. The molecule has 1 aromatic carbocycles. The molecule has 0 saturated carbocycles. The van der Waals surface area contributed by atoms with Crippen LogP contribution in [0.2, 0.25) is 0 Å². The van der Waals surface area contributed by atoms with E-state index in [1.54, 1.807) is 0 Å². The van der Waals surface area contributed by atoms with Crippen LogP contribution in [0.5, 0.6) is 0 Å². The van der Waals surface area contributed by atoms with Gasteiger partial charge in [0.15, 0.2) is 0 Å². The number of rotatable bonds is 2. The van der Waals surface area contributed by atoms with Crippen molar-refractivity contribution in [2.24, 2.45) is 5.41 Å². The van der Waals surface area contributed by atoms with E-state index < -0.39 is 0 Å². The molecular formula is C16H20BrNO2. The Balaban J connectivity index is 1.60. The van der Waals surface area contributed by atoms with E-state index in [1.165, 1.54) is 5.56 Å². The number of hydrogen-bond acceptors (Lipinski definition) is 2. The molecule has 20 heavy (non-hydrogen) atoms. The molecule has 2 aliphatic rings. The van der Waals surface area contributed by atoms with Gasteiger partial charge in [0.05, 0.1) is 6.42 Å². The molecule has 0 radical (unpaired) electrons. The number of amides is 1. The van der Waals surface area contributed by atoms with Crippen molar-refractivity contribution in [1.82, 2.24) is 4.90 Å². The van der Waals surface area contributed by atoms with E-state index >= 15 is 0 Å². The zero-order valence-electron chi connectivity index (χ0n) is 11.8. The van der Waals surface area contributed by atoms with Gasteiger partial charge >= 0.3 is 0 Å². The monoisotopic (exact) mass is 337 g/mol. The average molecular weight is 338 g/mol. The van der Waals surface area contributed by atoms with Crippen molar-refractivity contribution in [2.75, 3.05) is 26.3 Å². The molecule has 1 spiro atoms. The minimum atomic E-state index is 0.253. The zero-order valence-corrected chi connectivity index (χ0v) is 13.4. The summed E-state index contributed by atoms with van der Waals surface area (Å²) in [4.78, 5) is 14.4. The van der Waals surface area contributed by atoms with Crippen LogP contribution in [-0.2, 0) is 16.0 Å². The standard InChI is InChI=1S/C16H20BrNO2/c1-12-13(3-2-4-14(12)17)9-15(19)18-10-16(11-18)5-7-20-8-6-16/h2-4H,5-11H2,1H3. The number of carbonyl (C=O) groups is 1. The van der Waals surface area contributed by atoms with E-state index in [9.17, 15) is 4.79 Å². The van der Waals surface area contributed by atoms with Crippen LogP contribution in [0.4, 0.5) is 0 Å². The summed E-state index contributed by atoms with van der Waals surface area (Å²) in [6.07, 6.45) is 2.72. The van der Waals surface area contributed by atoms with E-state index in [4.69, 9.17) is 4.74 Å². The smallest absolute Gasteiger partial charge is 0.227 e. The van der Waals surface area contributed by atoms with Gasteiger partial charge in [0.1, 0.15) is 0 Å². The van der Waals surface area contributed by atoms with Gasteiger partial charge in [-0.1, -0.05) is 28.1 Å². The Hall–Kier alpha value is -0.870. The molecule has 0 atom stereocenters. The summed E-state index contributed by atoms with van der Waals surface area (Å²) in [5.74, 6) is 0.253. The first kappa shape index (κ1) is 14.1. The number of ether oxygens (including phenoxy) is 1. The Labute approximate surface area is 128 Å². The summed E-state index contributed by atoms with van der Waals surface area (Å²) in [5.41, 5.74) is 2.65. The Morgan fingerprint density at radius 3 is 2.75 bits per heavy atom. The van der Waals surface area contributed by atoms with Crippen LogP contribution in [0.25, 0.3) is 0 Å². The molecule has 1 aromatic rings. The Morgan fingerprint density at radius 2 is 2.05 bits per heavy atom. The van der Waals surface area contributed by atoms with E-state index in [2.05, 4.69) is 22.9 Å². The molecule has 0 aliphatic carbocycles. The van der Waals surface area contributed by atoms with Crippen LogP contribution in [0, 0.1) is 12.3 Å². The molecule has 2 heterocycles. The first-order valence-corrected chi connectivity index (χ1v) is 7.98. The zero-order chi connectivity index (χ0) is 14.2. The fraction of sp³-hybridized carbons (Fsp3) is 0.562. The van der Waals surface area contributed by atoms with Crippen molar-refractivity contribution in [3.8, 4) is 0 Å². The average Bonchev–Trinajstić information content (AvgIpc) is 2.42. The minimum absolute atomic E-state index is 0.253. The van der Waals surface area contributed by atoms with Gasteiger partial charge in [-0.05, 0) is 37.0 Å². The summed E-state index contributed by atoms with van der Waals surface area (Å²) in [6.45, 7) is 5.60. The van der Waals surface area contributed by atoms with E-state index in [0.29, 0.717) is 11.8 Å². The number of carbonyl (C=O) groups excluding carboxylic acids is 1. The first-order valence-electron chi connectivity index (χ1n) is 7.19. The van der Waals surface area contributed by atoms with E-state index in [1.807, 2.05) is 23.1 Å². The van der Waals surface area contributed by atoms with Crippen LogP contribution < -0.4 is 0 Å². The molecule has 0 N–H and O–H groups in total. The largest absolute Gasteiger partial charge is 0.381 e. The molecular weight excluding hydrogens is 318 g/mol. The van der Waals surface area contributed by atoms with Gasteiger partial charge in [0.2, 0.25) is 5.91 Å². The number of benzene rings is 1. The van der Waals surface area contributed by atoms with Crippen molar-refractivity contribution in [3.05, 3.63) is 33.8 Å². The SMILES string of the molecule is Cc1c(Br)cccc1CC(=O)N1CC2(CCOCC2)C1. The van der Waals surface area contributed by atoms with Crippen LogP contribution in [0.1, 0.15) is 24.0 Å². The van der Waals surface area contributed by atoms with Gasteiger partial charge in [0, 0.05) is 36.2 Å². The fourth-order valence-corrected chi connectivity index (χ4v) is 3.59. The lowest BCUT2D eigenvalue weighted by atomic mass is 9.73. The molecule has 3 nitrogen and oxygen atoms in total. The highest BCUT2D eigenvalue weighted by molar-refractivity contribution is 9.10. The normalized spacial score (nSPS) is 20.8. The summed E-state index contributed by atoms with van der Waals surface area (Å²) in [7, 11) is 0. The summed E-state index contributed by atoms with van der Waals surface area (Å²) in [5, 5.41) is 0. The lowest BCUT2D eigenvalue weighted by Gasteiger charge is -2.52. The van der Waals surface area contributed by atoms with Crippen molar-refractivity contribution in [2.45, 2.75) is 26.2 Å². The second kappa shape index (κ2) is 5.49. The Kier molecular flexibility index (Phi) is 3.87. The van der Waals surface area contributed by atoms with Gasteiger partial charge < -0.3 is 9.64 Å². The van der Waals surface area contributed by atoms with Gasteiger partial charge in [-0.3, -0.25) is 4.79 Å². The summed E-state index contributed by atoms with van der Waals surface area (Å²) >= 11 is 3.52. The Bertz CT molecular complexity index is 515. The highest BCUT2D eigenvalue weighted by Gasteiger charge is 2.45. The van der Waals surface area contributed by atoms with Crippen LogP contribution in [0.15, 0.2) is 22.7 Å². The molecule has 3 rings (SSSR count). The predicted octanol–water partition coefficient (Wildman–Crippen LogP) is 2.94. The third-order valence-electron chi connectivity index (χ3n) is 4.68. The second-order valence-electron chi connectivity index (χ2n) is 6.06. The maximum atomic E-state index is 12.4. The Morgan fingerprint density at radius 1 is 1.35 bits per heavy atom. The molecule has 2 fully saturated rings. The summed E-state index contributed by atoms with van der Waals surface area (Å²) < 4.78 is 6.49. The fourth-order valence-electron chi connectivity index (χ4n) is 3.18. The van der Waals surface area contributed by atoms with E-state index in [-0.39, 0.29) is 5.91 Å². The lowest BCUT2D eigenvalue weighted by molar-refractivity contribution is -0.149. The molecule has 108 valence electrons. The number of nitrogens with zero attached hydrogens (tertiary/aromatic N) is 1. The third-order valence-corrected chi connectivity index (χ3v) is 5.54. The van der Waals surface area contributed by atoms with Crippen LogP contribution >= 0.6 is 15.9 Å². The van der Waals surface area contributed by atoms with Crippen LogP contribution in [-0.4, -0.2) is 37.1 Å². The number of hydrogen-bond donors (Lipinski definition) is 0. The van der Waals surface area contributed by atoms with Gasteiger partial charge in [0.25, 0.3) is 0 Å². The van der Waals surface area contributed by atoms with Crippen LogP contribution in [0.3, 0.4) is 0 Å². The van der Waals surface area contributed by atoms with Gasteiger partial charge in [-0.15, -0.1) is 0 Å². The van der Waals surface area contributed by atoms with Gasteiger partial charge in [-0.25, -0.2) is 0 Å². The topological polar surface area (TPSA) is 29.5 Å². The minimum Gasteiger partial charge on any atom is -0.381 e. The maximum Gasteiger partial charge on any atom is 0.227 e. The molecule has 0 aromatic heterocycles. The predicted molar refractivity (Wildman–Crippen MR) is 81.6 cm³/mol. The third kappa shape index (κ3) is 2.63. The second-order valence-corrected chi connectivity index (χ2v) is 6.92. The van der Waals surface area contributed by atoms with E-state index in [0.717, 1.165) is 49.2 Å².